The highest BCUT2D eigenvalue weighted by Crippen LogP contribution is 2.31. The van der Waals surface area contributed by atoms with Crippen LogP contribution in [-0.2, 0) is 0 Å². The number of likely N-dealkylation sites (tertiary alicyclic amines) is 1. The maximum absolute atomic E-state index is 13.8. The number of hydrogen-bond donors (Lipinski definition) is 2. The summed E-state index contributed by atoms with van der Waals surface area (Å²) in [5, 5.41) is 5.22. The van der Waals surface area contributed by atoms with E-state index in [9.17, 15) is 9.59 Å². The number of benzene rings is 4. The number of piperidine rings is 1. The third kappa shape index (κ3) is 4.09. The molecule has 37 heavy (non-hydrogen) atoms. The zero-order valence-electron chi connectivity index (χ0n) is 21.5. The van der Waals surface area contributed by atoms with Crippen LogP contribution in [0.4, 0.5) is 5.69 Å². The maximum atomic E-state index is 13.8. The summed E-state index contributed by atoms with van der Waals surface area (Å²) in [6.07, 6.45) is 6.02. The number of aryl methyl sites for hydroxylation is 1. The van der Waals surface area contributed by atoms with Crippen molar-refractivity contribution in [3.63, 3.8) is 0 Å². The number of nitrogens with one attached hydrogen (secondary N) is 2. The molecule has 190 valence electrons. The van der Waals surface area contributed by atoms with Crippen molar-refractivity contribution in [3.8, 4) is 0 Å². The molecule has 1 aromatic heterocycles. The fourth-order valence-corrected chi connectivity index (χ4v) is 6.07. The number of fused-ring (bicyclic) bond motifs is 5. The number of nitrogens with zero attached hydrogens (tertiary/aromatic N) is 1. The minimum atomic E-state index is -0.155. The van der Waals surface area contributed by atoms with E-state index < -0.39 is 0 Å². The minimum Gasteiger partial charge on any atom is -0.453 e. The molecule has 1 saturated heterocycles. The highest BCUT2D eigenvalue weighted by Gasteiger charge is 2.21. The van der Waals surface area contributed by atoms with Crippen molar-refractivity contribution in [1.29, 1.82) is 0 Å². The van der Waals surface area contributed by atoms with Crippen LogP contribution >= 0.6 is 0 Å². The van der Waals surface area contributed by atoms with E-state index in [1.54, 1.807) is 18.2 Å². The first kappa shape index (κ1) is 23.7. The van der Waals surface area contributed by atoms with Gasteiger partial charge in [0.25, 0.3) is 0 Å². The summed E-state index contributed by atoms with van der Waals surface area (Å²) < 4.78 is 6.29. The number of aromatic nitrogens is 1. The lowest BCUT2D eigenvalue weighted by Crippen LogP contribution is -2.40. The molecular formula is C31H33N3O3. The minimum absolute atomic E-state index is 0.130. The van der Waals surface area contributed by atoms with Crippen molar-refractivity contribution >= 4 is 49.4 Å². The molecule has 0 aliphatic carbocycles. The molecule has 1 aliphatic heterocycles. The molecule has 0 amide bonds. The Morgan fingerprint density at radius 3 is 2.54 bits per heavy atom. The summed E-state index contributed by atoms with van der Waals surface area (Å²) in [5.41, 5.74) is 4.04. The molecular weight excluding hydrogens is 462 g/mol. The van der Waals surface area contributed by atoms with Crippen LogP contribution in [-0.4, -0.2) is 35.6 Å². The molecule has 6 nitrogen and oxygen atoms in total. The first-order chi connectivity index (χ1) is 18.1. The second-order valence-electron chi connectivity index (χ2n) is 10.3. The molecule has 6 heteroatoms. The Balaban J connectivity index is 1.48. The van der Waals surface area contributed by atoms with Gasteiger partial charge in [-0.3, -0.25) is 9.59 Å². The first-order valence-corrected chi connectivity index (χ1v) is 13.5. The summed E-state index contributed by atoms with van der Waals surface area (Å²) in [4.78, 5) is 33.6. The van der Waals surface area contributed by atoms with E-state index in [-0.39, 0.29) is 10.9 Å². The molecule has 5 aromatic rings. The van der Waals surface area contributed by atoms with Gasteiger partial charge in [-0.25, -0.2) is 0 Å². The number of H-pyrrole nitrogens is 1. The standard InChI is InChI=1S/C31H33N3O3/c1-3-20-11-6-7-16-34(20)17-9-15-32-23-18-25-29(33-28-19(2)10-8-14-24(28)37-25)27-26(23)30(35)21-12-4-5-13-22(21)31(27)36/h4-5,8,10,12-14,18,20,32-33H,3,6-7,9,11,15-17H2,1-2H3. The molecule has 4 aromatic carbocycles. The third-order valence-electron chi connectivity index (χ3n) is 8.02. The lowest BCUT2D eigenvalue weighted by molar-refractivity contribution is 0.144. The van der Waals surface area contributed by atoms with Gasteiger partial charge in [0.2, 0.25) is 0 Å². The Bertz CT molecular complexity index is 1750. The number of rotatable bonds is 6. The topological polar surface area (TPSA) is 78.3 Å². The van der Waals surface area contributed by atoms with Crippen LogP contribution in [0.3, 0.4) is 0 Å². The molecule has 6 rings (SSSR count). The normalized spacial score (nSPS) is 16.8. The highest BCUT2D eigenvalue weighted by atomic mass is 16.3. The number of aromatic amines is 1. The van der Waals surface area contributed by atoms with Gasteiger partial charge >= 0.3 is 0 Å². The van der Waals surface area contributed by atoms with Crippen molar-refractivity contribution < 1.29 is 4.42 Å². The predicted molar refractivity (Wildman–Crippen MR) is 153 cm³/mol. The van der Waals surface area contributed by atoms with Crippen LogP contribution in [0.5, 0.6) is 0 Å². The second-order valence-corrected chi connectivity index (χ2v) is 10.3. The maximum Gasteiger partial charge on any atom is 0.196 e. The Labute approximate surface area is 215 Å². The fourth-order valence-electron chi connectivity index (χ4n) is 6.07. The summed E-state index contributed by atoms with van der Waals surface area (Å²) in [6, 6.07) is 15.5. The average Bonchev–Trinajstić information content (AvgIpc) is 2.93. The lowest BCUT2D eigenvalue weighted by Gasteiger charge is -2.35. The number of para-hydroxylation sites is 1. The second kappa shape index (κ2) is 9.67. The van der Waals surface area contributed by atoms with E-state index in [0.29, 0.717) is 56.5 Å². The number of hydrogen-bond acceptors (Lipinski definition) is 5. The van der Waals surface area contributed by atoms with Gasteiger partial charge in [-0.05, 0) is 50.8 Å². The van der Waals surface area contributed by atoms with Gasteiger partial charge in [0.15, 0.2) is 22.0 Å². The van der Waals surface area contributed by atoms with Crippen molar-refractivity contribution in [3.05, 3.63) is 74.5 Å². The molecule has 0 spiro atoms. The smallest absolute Gasteiger partial charge is 0.196 e. The highest BCUT2D eigenvalue weighted by molar-refractivity contribution is 6.14. The van der Waals surface area contributed by atoms with Crippen molar-refractivity contribution in [2.24, 2.45) is 0 Å². The van der Waals surface area contributed by atoms with Crippen LogP contribution in [0.1, 0.15) is 44.6 Å². The van der Waals surface area contributed by atoms with Crippen molar-refractivity contribution in [1.82, 2.24) is 9.88 Å². The molecule has 0 bridgehead atoms. The van der Waals surface area contributed by atoms with Gasteiger partial charge in [-0.15, -0.1) is 0 Å². The Hall–Kier alpha value is -3.64. The monoisotopic (exact) mass is 495 g/mol. The van der Waals surface area contributed by atoms with E-state index in [2.05, 4.69) is 22.1 Å². The molecule has 2 N–H and O–H groups in total. The van der Waals surface area contributed by atoms with Gasteiger partial charge in [-0.2, -0.15) is 0 Å². The zero-order valence-corrected chi connectivity index (χ0v) is 21.5. The van der Waals surface area contributed by atoms with Crippen molar-refractivity contribution in [2.75, 3.05) is 25.0 Å². The van der Waals surface area contributed by atoms with Gasteiger partial charge in [0.05, 0.1) is 21.8 Å². The molecule has 1 unspecified atom stereocenters. The van der Waals surface area contributed by atoms with E-state index in [0.717, 1.165) is 30.6 Å². The molecule has 1 atom stereocenters. The van der Waals surface area contributed by atoms with Crippen LogP contribution < -0.4 is 16.2 Å². The summed E-state index contributed by atoms with van der Waals surface area (Å²) in [5.74, 6) is 0. The summed E-state index contributed by atoms with van der Waals surface area (Å²) >= 11 is 0. The average molecular weight is 496 g/mol. The predicted octanol–water partition coefficient (Wildman–Crippen LogP) is 6.32. The molecule has 1 aliphatic rings. The largest absolute Gasteiger partial charge is 0.453 e. The Kier molecular flexibility index (Phi) is 6.21. The third-order valence-corrected chi connectivity index (χ3v) is 8.02. The van der Waals surface area contributed by atoms with Crippen LogP contribution in [0.25, 0.3) is 43.7 Å². The quantitative estimate of drug-likeness (QED) is 0.164. The van der Waals surface area contributed by atoms with E-state index in [1.165, 1.54) is 25.7 Å². The van der Waals surface area contributed by atoms with Gasteiger partial charge in [0, 0.05) is 41.7 Å². The van der Waals surface area contributed by atoms with Crippen molar-refractivity contribution in [2.45, 2.75) is 52.0 Å². The Morgan fingerprint density at radius 1 is 0.973 bits per heavy atom. The molecule has 0 radical (unpaired) electrons. The zero-order chi connectivity index (χ0) is 25.5. The SMILES string of the molecule is CCC1CCCCN1CCCNc1cc2oc3cccc(C)c3[nH]c2c2c(=O)c3ccccc3c(=O)c12. The van der Waals surface area contributed by atoms with Gasteiger partial charge in [0.1, 0.15) is 0 Å². The Morgan fingerprint density at radius 2 is 1.76 bits per heavy atom. The summed E-state index contributed by atoms with van der Waals surface area (Å²) in [7, 11) is 0. The van der Waals surface area contributed by atoms with E-state index in [1.807, 2.05) is 37.3 Å². The van der Waals surface area contributed by atoms with E-state index in [4.69, 9.17) is 4.42 Å². The molecule has 1 fully saturated rings. The van der Waals surface area contributed by atoms with Crippen LogP contribution in [0, 0.1) is 6.92 Å². The van der Waals surface area contributed by atoms with Gasteiger partial charge in [-0.1, -0.05) is 49.7 Å². The molecule has 2 heterocycles. The van der Waals surface area contributed by atoms with Crippen LogP contribution in [0.15, 0.2) is 62.5 Å². The number of anilines is 1. The first-order valence-electron chi connectivity index (χ1n) is 13.5. The lowest BCUT2D eigenvalue weighted by atomic mass is 9.99. The van der Waals surface area contributed by atoms with E-state index >= 15 is 0 Å². The van der Waals surface area contributed by atoms with Crippen LogP contribution in [0.2, 0.25) is 0 Å². The molecule has 0 saturated carbocycles. The summed E-state index contributed by atoms with van der Waals surface area (Å²) in [6.45, 7) is 7.17. The van der Waals surface area contributed by atoms with Gasteiger partial charge < -0.3 is 19.6 Å². The fraction of sp³-hybridized carbons (Fsp3) is 0.355.